The molecule has 0 spiro atoms. The Balaban J connectivity index is 1.08. The van der Waals surface area contributed by atoms with E-state index < -0.39 is 24.9 Å². The summed E-state index contributed by atoms with van der Waals surface area (Å²) in [6.45, 7) is 68.1. The number of rotatable bonds is 16. The minimum atomic E-state index is -1.66. The third-order valence-electron chi connectivity index (χ3n) is 19.2. The molecule has 0 aromatic heterocycles. The van der Waals surface area contributed by atoms with Gasteiger partial charge in [0.2, 0.25) is 0 Å². The molecule has 0 bridgehead atoms. The van der Waals surface area contributed by atoms with Gasteiger partial charge in [0.15, 0.2) is 8.15 Å². The highest BCUT2D eigenvalue weighted by atomic mass is 31.2. The first-order valence-corrected chi connectivity index (χ1v) is 40.4. The smallest absolute Gasteiger partial charge is 0.326 e. The zero-order chi connectivity index (χ0) is 75.5. The van der Waals surface area contributed by atoms with Crippen LogP contribution in [0.1, 0.15) is 263 Å². The Bertz CT molecular complexity index is 3970. The van der Waals surface area contributed by atoms with Gasteiger partial charge >= 0.3 is 16.8 Å². The Kier molecular flexibility index (Phi) is 22.8. The Morgan fingerprint density at radius 2 is 0.343 bits per heavy atom. The molecule has 0 N–H and O–H groups in total. The van der Waals surface area contributed by atoms with Crippen molar-refractivity contribution in [1.29, 1.82) is 0 Å². The lowest BCUT2D eigenvalue weighted by Crippen LogP contribution is -2.20. The average molecular weight is 1420 g/mol. The summed E-state index contributed by atoms with van der Waals surface area (Å²) in [5, 5.41) is 4.21. The first kappa shape index (κ1) is 79.4. The van der Waals surface area contributed by atoms with Gasteiger partial charge in [-0.2, -0.15) is 0 Å². The summed E-state index contributed by atoms with van der Waals surface area (Å²) in [5.74, 6) is 4.28. The zero-order valence-electron chi connectivity index (χ0n) is 67.8. The molecule has 0 unspecified atom stereocenters. The Hall–Kier alpha value is -6.73. The highest BCUT2D eigenvalue weighted by Gasteiger charge is 2.34. The molecule has 102 heavy (non-hydrogen) atoms. The molecule has 9 rings (SSSR count). The fraction of sp³-hybridized carbons (Fsp3) is 0.426. The predicted octanol–water partition coefficient (Wildman–Crippen LogP) is 26.6. The molecule has 0 saturated heterocycles. The van der Waals surface area contributed by atoms with Crippen molar-refractivity contribution in [2.24, 2.45) is 0 Å². The van der Waals surface area contributed by atoms with Crippen LogP contribution in [-0.4, -0.2) is 0 Å². The molecule has 0 fully saturated rings. The van der Waals surface area contributed by atoms with E-state index in [-0.39, 0.29) is 54.1 Å². The van der Waals surface area contributed by atoms with Crippen molar-refractivity contribution in [3.8, 4) is 51.0 Å². The van der Waals surface area contributed by atoms with Gasteiger partial charge in [-0.1, -0.05) is 341 Å². The van der Waals surface area contributed by atoms with Crippen LogP contribution in [0.2, 0.25) is 0 Å². The molecule has 0 aliphatic heterocycles. The van der Waals surface area contributed by atoms with Gasteiger partial charge in [0.25, 0.3) is 0 Å². The van der Waals surface area contributed by atoms with Gasteiger partial charge in [0, 0.05) is 38.4 Å². The largest absolute Gasteiger partial charge is 0.464 e. The summed E-state index contributed by atoms with van der Waals surface area (Å²) >= 11 is 0. The van der Waals surface area contributed by atoms with Crippen molar-refractivity contribution in [2.45, 2.75) is 262 Å². The third-order valence-corrected chi connectivity index (χ3v) is 24.0. The molecule has 0 saturated carbocycles. The summed E-state index contributed by atoms with van der Waals surface area (Å²) in [4.78, 5) is 0. The number of benzene rings is 9. The minimum absolute atomic E-state index is 0.0224. The first-order valence-electron chi connectivity index (χ1n) is 36.8. The van der Waals surface area contributed by atoms with Crippen LogP contribution in [0, 0.1) is 0 Å². The molecule has 542 valence electrons. The predicted molar refractivity (Wildman–Crippen MR) is 445 cm³/mol. The monoisotopic (exact) mass is 1420 g/mol. The standard InChI is InChI=1S/C94H121O5P3/c1-85(2,3)66-39-52-80(75(57-66)90(16,17)18)95-100(71-44-31-62(32-45-71)64-35-48-73(49-36-64)101(96-81-53-40-67(86(4,5)6)58-76(81)91(19,20)21)97-82-54-41-68(87(7,8)9)59-77(82)92(22,23)24)72-46-33-63(34-47-72)65-37-50-74(51-38-65)102(98-83-55-42-69(88(10,11)12)60-78(83)93(25,26)27)99-84-56-43-70(89(13,14)15)61-79(84)94(28,29)30/h31-61H,1-30H3. The van der Waals surface area contributed by atoms with Gasteiger partial charge in [-0.15, -0.1) is 0 Å². The molecule has 0 aliphatic rings. The summed E-state index contributed by atoms with van der Waals surface area (Å²) < 4.78 is 36.6. The second-order valence-electron chi connectivity index (χ2n) is 38.5. The van der Waals surface area contributed by atoms with Crippen LogP contribution in [0.3, 0.4) is 0 Å². The van der Waals surface area contributed by atoms with E-state index in [2.05, 4.69) is 396 Å². The van der Waals surface area contributed by atoms with E-state index in [0.717, 1.165) is 94.5 Å². The first-order chi connectivity index (χ1) is 46.8. The van der Waals surface area contributed by atoms with Gasteiger partial charge in [0.05, 0.1) is 10.6 Å². The summed E-state index contributed by atoms with van der Waals surface area (Å²) in [6, 6.07) is 69.4. The van der Waals surface area contributed by atoms with Crippen LogP contribution >= 0.6 is 24.9 Å². The molecule has 5 nitrogen and oxygen atoms in total. The molecule has 0 radical (unpaired) electrons. The van der Waals surface area contributed by atoms with Crippen molar-refractivity contribution in [1.82, 2.24) is 0 Å². The summed E-state index contributed by atoms with van der Waals surface area (Å²) in [6.07, 6.45) is 0. The maximum absolute atomic E-state index is 7.51. The average Bonchev–Trinajstić information content (AvgIpc) is 0.795. The van der Waals surface area contributed by atoms with Gasteiger partial charge in [-0.25, -0.2) is 0 Å². The van der Waals surface area contributed by atoms with Gasteiger partial charge in [-0.3, -0.25) is 0 Å². The lowest BCUT2D eigenvalue weighted by molar-refractivity contribution is 0.465. The molecule has 0 heterocycles. The van der Waals surface area contributed by atoms with E-state index in [1.54, 1.807) is 0 Å². The van der Waals surface area contributed by atoms with E-state index >= 15 is 0 Å². The van der Waals surface area contributed by atoms with Crippen molar-refractivity contribution < 1.29 is 22.6 Å². The van der Waals surface area contributed by atoms with Crippen molar-refractivity contribution >= 4 is 46.1 Å². The lowest BCUT2D eigenvalue weighted by atomic mass is 9.80. The van der Waals surface area contributed by atoms with Crippen molar-refractivity contribution in [2.75, 3.05) is 0 Å². The van der Waals surface area contributed by atoms with Gasteiger partial charge in [-0.05, 0) is 159 Å². The highest BCUT2D eigenvalue weighted by Crippen LogP contribution is 2.51. The number of hydrogen-bond acceptors (Lipinski definition) is 5. The SMILES string of the molecule is CC(C)(C)c1ccc(OP(Oc2ccc(C(C)(C)C)cc2C(C)(C)C)c2ccc(-c3ccc(P(Oc4ccc(C(C)(C)C)cc4C(C)(C)C)c4ccc(-c5ccc(P(Oc6ccc(C(C)(C)C)cc6C(C)(C)C)Oc6ccc(C(C)(C)C)cc6C(C)(C)C)cc5)cc4)cc3)cc2)c(C(C)(C)C)c1. The Morgan fingerprint density at radius 1 is 0.176 bits per heavy atom. The number of hydrogen-bond donors (Lipinski definition) is 0. The highest BCUT2D eigenvalue weighted by molar-refractivity contribution is 7.68. The minimum Gasteiger partial charge on any atom is -0.464 e. The molecule has 0 atom stereocenters. The van der Waals surface area contributed by atoms with Gasteiger partial charge < -0.3 is 22.6 Å². The Labute approximate surface area is 621 Å². The quantitative estimate of drug-likeness (QED) is 0.0902. The van der Waals surface area contributed by atoms with E-state index in [1.807, 2.05) is 0 Å². The van der Waals surface area contributed by atoms with Crippen LogP contribution in [0.25, 0.3) is 22.3 Å². The van der Waals surface area contributed by atoms with Gasteiger partial charge in [0.1, 0.15) is 28.7 Å². The third kappa shape index (κ3) is 19.4. The molecule has 9 aromatic rings. The van der Waals surface area contributed by atoms with Crippen LogP contribution < -0.4 is 43.8 Å². The summed E-state index contributed by atoms with van der Waals surface area (Å²) in [5.41, 5.74) is 15.6. The Morgan fingerprint density at radius 3 is 0.510 bits per heavy atom. The van der Waals surface area contributed by atoms with Crippen LogP contribution in [0.15, 0.2) is 188 Å². The van der Waals surface area contributed by atoms with E-state index in [1.165, 1.54) is 33.4 Å². The zero-order valence-corrected chi connectivity index (χ0v) is 70.5. The topological polar surface area (TPSA) is 46.2 Å². The molecule has 8 heteroatoms. The van der Waals surface area contributed by atoms with Crippen molar-refractivity contribution in [3.05, 3.63) is 244 Å². The van der Waals surface area contributed by atoms with E-state index in [4.69, 9.17) is 22.6 Å². The second kappa shape index (κ2) is 29.3. The van der Waals surface area contributed by atoms with Crippen LogP contribution in [0.4, 0.5) is 0 Å². The van der Waals surface area contributed by atoms with Crippen molar-refractivity contribution in [3.63, 3.8) is 0 Å². The normalized spacial score (nSPS) is 13.3. The molecular formula is C94H121O5P3. The fourth-order valence-electron chi connectivity index (χ4n) is 12.4. The van der Waals surface area contributed by atoms with Crippen LogP contribution in [-0.2, 0) is 54.1 Å². The van der Waals surface area contributed by atoms with E-state index in [9.17, 15) is 0 Å². The lowest BCUT2D eigenvalue weighted by Gasteiger charge is -2.30. The summed E-state index contributed by atoms with van der Waals surface area (Å²) in [7, 11) is -4.67. The van der Waals surface area contributed by atoms with Crippen LogP contribution in [0.5, 0.6) is 28.7 Å². The van der Waals surface area contributed by atoms with E-state index in [0.29, 0.717) is 0 Å². The molecule has 9 aromatic carbocycles. The fourth-order valence-corrected chi connectivity index (χ4v) is 16.7. The molecule has 0 amide bonds. The maximum atomic E-state index is 7.51. The second-order valence-corrected chi connectivity index (χ2v) is 43.1. The molecular weight excluding hydrogens is 1300 g/mol. The maximum Gasteiger partial charge on any atom is 0.326 e. The molecule has 0 aliphatic carbocycles.